The molecule has 0 amide bonds. The summed E-state index contributed by atoms with van der Waals surface area (Å²) in [4.78, 5) is 14.4. The summed E-state index contributed by atoms with van der Waals surface area (Å²) in [7, 11) is 2.12. The molecule has 5 rings (SSSR count). The van der Waals surface area contributed by atoms with E-state index in [1.54, 1.807) is 0 Å². The average molecular weight is 354 g/mol. The van der Waals surface area contributed by atoms with Crippen molar-refractivity contribution in [3.8, 4) is 0 Å². The quantitative estimate of drug-likeness (QED) is 0.374. The van der Waals surface area contributed by atoms with E-state index in [9.17, 15) is 0 Å². The topological polar surface area (TPSA) is 32.3 Å². The van der Waals surface area contributed by atoms with Crippen LogP contribution in [-0.4, -0.2) is 22.6 Å². The minimum absolute atomic E-state index is 0.0654. The maximum absolute atomic E-state index is 4.88. The number of hydrogen-bond donors (Lipinski definition) is 0. The summed E-state index contributed by atoms with van der Waals surface area (Å²) in [5, 5.41) is 0. The van der Waals surface area contributed by atoms with Gasteiger partial charge in [0.1, 0.15) is 0 Å². The van der Waals surface area contributed by atoms with E-state index in [4.69, 9.17) is 9.97 Å². The van der Waals surface area contributed by atoms with Gasteiger partial charge in [0.25, 0.3) is 0 Å². The standard InChI is InChI=1S/C23H22N4/c1-23(2,3)27-20-12-8-7-11-19(20)26(4)21-13-17-18(14-22(21)27)25-16-10-6-5-9-15(16)24-17/h5-14H,1-4H3. The number of nitrogens with zero attached hydrogens (tertiary/aromatic N) is 4. The molecule has 0 unspecified atom stereocenters. The molecule has 0 fully saturated rings. The van der Waals surface area contributed by atoms with Crippen LogP contribution in [0.3, 0.4) is 0 Å². The van der Waals surface area contributed by atoms with E-state index < -0.39 is 0 Å². The van der Waals surface area contributed by atoms with Crippen LogP contribution in [0.1, 0.15) is 20.8 Å². The molecule has 0 spiro atoms. The molecule has 134 valence electrons. The van der Waals surface area contributed by atoms with Crippen molar-refractivity contribution in [3.05, 3.63) is 60.7 Å². The molecule has 1 aliphatic rings. The van der Waals surface area contributed by atoms with Crippen LogP contribution in [0.5, 0.6) is 0 Å². The van der Waals surface area contributed by atoms with Crippen molar-refractivity contribution in [3.63, 3.8) is 0 Å². The lowest BCUT2D eigenvalue weighted by Gasteiger charge is -2.45. The number of para-hydroxylation sites is 4. The Balaban J connectivity index is 1.84. The molecule has 4 nitrogen and oxygen atoms in total. The van der Waals surface area contributed by atoms with E-state index in [2.05, 4.69) is 74.0 Å². The Kier molecular flexibility index (Phi) is 3.23. The fourth-order valence-electron chi connectivity index (χ4n) is 4.01. The van der Waals surface area contributed by atoms with Gasteiger partial charge in [-0.2, -0.15) is 0 Å². The third-order valence-electron chi connectivity index (χ3n) is 5.19. The highest BCUT2D eigenvalue weighted by molar-refractivity contribution is 6.00. The minimum Gasteiger partial charge on any atom is -0.341 e. The van der Waals surface area contributed by atoms with E-state index in [0.717, 1.165) is 27.8 Å². The van der Waals surface area contributed by atoms with E-state index >= 15 is 0 Å². The number of rotatable bonds is 0. The van der Waals surface area contributed by atoms with Gasteiger partial charge in [-0.1, -0.05) is 24.3 Å². The van der Waals surface area contributed by atoms with Crippen LogP contribution in [-0.2, 0) is 0 Å². The molecule has 0 radical (unpaired) electrons. The first kappa shape index (κ1) is 16.1. The van der Waals surface area contributed by atoms with Gasteiger partial charge >= 0.3 is 0 Å². The largest absolute Gasteiger partial charge is 0.341 e. The summed E-state index contributed by atoms with van der Waals surface area (Å²) in [5.41, 5.74) is 8.38. The number of hydrogen-bond acceptors (Lipinski definition) is 4. The Morgan fingerprint density at radius 1 is 0.630 bits per heavy atom. The van der Waals surface area contributed by atoms with Crippen molar-refractivity contribution in [1.29, 1.82) is 0 Å². The number of aromatic nitrogens is 2. The lowest BCUT2D eigenvalue weighted by Crippen LogP contribution is -2.41. The summed E-state index contributed by atoms with van der Waals surface area (Å²) in [6.45, 7) is 6.74. The molecule has 0 aliphatic carbocycles. The van der Waals surface area contributed by atoms with Gasteiger partial charge in [0.2, 0.25) is 0 Å². The fraction of sp³-hybridized carbons (Fsp3) is 0.217. The second-order valence-electron chi connectivity index (χ2n) is 8.10. The van der Waals surface area contributed by atoms with Gasteiger partial charge in [-0.3, -0.25) is 0 Å². The van der Waals surface area contributed by atoms with Crippen molar-refractivity contribution >= 4 is 44.8 Å². The molecule has 4 heteroatoms. The molecule has 0 bridgehead atoms. The molecule has 27 heavy (non-hydrogen) atoms. The van der Waals surface area contributed by atoms with E-state index in [1.807, 2.05) is 24.3 Å². The summed E-state index contributed by atoms with van der Waals surface area (Å²) in [6, 6.07) is 21.0. The van der Waals surface area contributed by atoms with Crippen LogP contribution in [0.2, 0.25) is 0 Å². The highest BCUT2D eigenvalue weighted by Gasteiger charge is 2.33. The van der Waals surface area contributed by atoms with Gasteiger partial charge in [0.05, 0.1) is 44.8 Å². The highest BCUT2D eigenvalue weighted by Crippen LogP contribution is 2.50. The van der Waals surface area contributed by atoms with Crippen molar-refractivity contribution < 1.29 is 0 Å². The molecule has 0 saturated heterocycles. The van der Waals surface area contributed by atoms with Crippen LogP contribution >= 0.6 is 0 Å². The van der Waals surface area contributed by atoms with Crippen molar-refractivity contribution in [2.45, 2.75) is 26.3 Å². The third-order valence-corrected chi connectivity index (χ3v) is 5.19. The molecule has 0 saturated carbocycles. The van der Waals surface area contributed by atoms with Crippen molar-refractivity contribution in [2.75, 3.05) is 16.8 Å². The predicted molar refractivity (Wildman–Crippen MR) is 113 cm³/mol. The van der Waals surface area contributed by atoms with Crippen LogP contribution in [0.25, 0.3) is 22.1 Å². The first-order valence-electron chi connectivity index (χ1n) is 9.27. The van der Waals surface area contributed by atoms with Crippen LogP contribution in [0.4, 0.5) is 22.7 Å². The maximum Gasteiger partial charge on any atom is 0.0916 e. The van der Waals surface area contributed by atoms with E-state index in [1.165, 1.54) is 17.1 Å². The molecular weight excluding hydrogens is 332 g/mol. The molecule has 1 aromatic heterocycles. The molecule has 1 aliphatic heterocycles. The molecule has 4 aromatic rings. The first-order chi connectivity index (χ1) is 12.9. The summed E-state index contributed by atoms with van der Waals surface area (Å²) >= 11 is 0. The van der Waals surface area contributed by atoms with E-state index in [-0.39, 0.29) is 5.54 Å². The Labute approximate surface area is 159 Å². The SMILES string of the molecule is CN1c2ccccc2N(C(C)(C)C)c2cc3nc4ccccc4nc3cc21. The van der Waals surface area contributed by atoms with Crippen LogP contribution in [0, 0.1) is 0 Å². The Morgan fingerprint density at radius 2 is 1.15 bits per heavy atom. The highest BCUT2D eigenvalue weighted by atomic mass is 15.3. The zero-order valence-corrected chi connectivity index (χ0v) is 16.1. The Morgan fingerprint density at radius 3 is 1.74 bits per heavy atom. The zero-order chi connectivity index (χ0) is 18.8. The molecule has 0 N–H and O–H groups in total. The summed E-state index contributed by atoms with van der Waals surface area (Å²) in [5.74, 6) is 0. The van der Waals surface area contributed by atoms with Gasteiger partial charge in [-0.05, 0) is 57.2 Å². The lowest BCUT2D eigenvalue weighted by molar-refractivity contribution is 0.558. The first-order valence-corrected chi connectivity index (χ1v) is 9.27. The molecular formula is C23H22N4. The summed E-state index contributed by atoms with van der Waals surface area (Å²) in [6.07, 6.45) is 0. The van der Waals surface area contributed by atoms with Gasteiger partial charge in [-0.15, -0.1) is 0 Å². The minimum atomic E-state index is -0.0654. The van der Waals surface area contributed by atoms with Crippen molar-refractivity contribution in [2.24, 2.45) is 0 Å². The van der Waals surface area contributed by atoms with Gasteiger partial charge in [-0.25, -0.2) is 9.97 Å². The molecule has 0 atom stereocenters. The maximum atomic E-state index is 4.88. The van der Waals surface area contributed by atoms with Gasteiger partial charge in [0.15, 0.2) is 0 Å². The lowest BCUT2D eigenvalue weighted by atomic mass is 9.98. The fourth-order valence-corrected chi connectivity index (χ4v) is 4.01. The van der Waals surface area contributed by atoms with Gasteiger partial charge in [0, 0.05) is 12.6 Å². The van der Waals surface area contributed by atoms with E-state index in [0.29, 0.717) is 0 Å². The molecule has 2 heterocycles. The predicted octanol–water partition coefficient (Wildman–Crippen LogP) is 5.80. The second kappa shape index (κ2) is 5.43. The van der Waals surface area contributed by atoms with Gasteiger partial charge < -0.3 is 9.80 Å². The smallest absolute Gasteiger partial charge is 0.0916 e. The van der Waals surface area contributed by atoms with Crippen LogP contribution in [0.15, 0.2) is 60.7 Å². The second-order valence-corrected chi connectivity index (χ2v) is 8.10. The normalized spacial score (nSPS) is 13.8. The number of benzene rings is 3. The third kappa shape index (κ3) is 2.36. The van der Waals surface area contributed by atoms with Crippen LogP contribution < -0.4 is 9.80 Å². The average Bonchev–Trinajstić information content (AvgIpc) is 2.64. The Hall–Kier alpha value is -3.14. The monoisotopic (exact) mass is 354 g/mol. The Bertz CT molecular complexity index is 1190. The number of fused-ring (bicyclic) bond motifs is 4. The summed E-state index contributed by atoms with van der Waals surface area (Å²) < 4.78 is 0. The molecule has 3 aromatic carbocycles. The zero-order valence-electron chi connectivity index (χ0n) is 16.1. The van der Waals surface area contributed by atoms with Crippen molar-refractivity contribution in [1.82, 2.24) is 9.97 Å². The number of anilines is 4.